The molecule has 24 heavy (non-hydrogen) atoms. The normalized spacial score (nSPS) is 29.0. The molecule has 140 valence electrons. The molecule has 1 aliphatic rings. The minimum absolute atomic E-state index is 0.108. The SMILES string of the molecule is CCOC(C)O[C@@H](CC[C@H](C)C1O[C@@H](OC)C=C[C@@H]1C)[C@@H](C)C=O. The van der Waals surface area contributed by atoms with Gasteiger partial charge in [-0.3, -0.25) is 0 Å². The van der Waals surface area contributed by atoms with E-state index in [0.29, 0.717) is 18.4 Å². The number of ether oxygens (including phenoxy) is 4. The van der Waals surface area contributed by atoms with E-state index in [4.69, 9.17) is 18.9 Å². The van der Waals surface area contributed by atoms with Crippen LogP contribution in [0.25, 0.3) is 0 Å². The van der Waals surface area contributed by atoms with Crippen LogP contribution in [-0.4, -0.2) is 44.8 Å². The lowest BCUT2D eigenvalue weighted by Gasteiger charge is -2.35. The maximum absolute atomic E-state index is 11.2. The average molecular weight is 342 g/mol. The first-order chi connectivity index (χ1) is 11.4. The smallest absolute Gasteiger partial charge is 0.176 e. The molecule has 0 N–H and O–H groups in total. The molecular formula is C19H34O5. The third-order valence-corrected chi connectivity index (χ3v) is 4.65. The first-order valence-corrected chi connectivity index (χ1v) is 9.01. The largest absolute Gasteiger partial charge is 0.353 e. The van der Waals surface area contributed by atoms with Crippen LogP contribution >= 0.6 is 0 Å². The van der Waals surface area contributed by atoms with Crippen LogP contribution in [0.1, 0.15) is 47.5 Å². The molecule has 0 aromatic rings. The Labute approximate surface area is 146 Å². The zero-order valence-corrected chi connectivity index (χ0v) is 15.9. The highest BCUT2D eigenvalue weighted by atomic mass is 16.7. The predicted octanol–water partition coefficient (Wildman–Crippen LogP) is 3.57. The molecule has 0 aromatic heterocycles. The van der Waals surface area contributed by atoms with Crippen LogP contribution < -0.4 is 0 Å². The predicted molar refractivity (Wildman–Crippen MR) is 93.6 cm³/mol. The van der Waals surface area contributed by atoms with E-state index in [1.165, 1.54) is 0 Å². The van der Waals surface area contributed by atoms with Crippen molar-refractivity contribution in [1.82, 2.24) is 0 Å². The minimum Gasteiger partial charge on any atom is -0.353 e. The Kier molecular flexibility index (Phi) is 9.74. The zero-order valence-electron chi connectivity index (χ0n) is 15.9. The molecule has 0 aromatic carbocycles. The molecule has 0 spiro atoms. The second kappa shape index (κ2) is 11.0. The third-order valence-electron chi connectivity index (χ3n) is 4.65. The molecule has 5 heteroatoms. The molecule has 0 saturated heterocycles. The number of aldehydes is 1. The lowest BCUT2D eigenvalue weighted by molar-refractivity contribution is -0.175. The standard InChI is InChI=1S/C19H34O5/c1-7-22-16(5)23-17(15(4)12-20)10-8-13(2)19-14(3)9-11-18(21-6)24-19/h9,11-19H,7-8,10H2,1-6H3/t13-,14-,15-,16?,17-,18+,19?/m0/s1. The summed E-state index contributed by atoms with van der Waals surface area (Å²) >= 11 is 0. The van der Waals surface area contributed by atoms with Crippen LogP contribution in [-0.2, 0) is 23.7 Å². The maximum atomic E-state index is 11.2. The van der Waals surface area contributed by atoms with Crippen molar-refractivity contribution >= 4 is 6.29 Å². The van der Waals surface area contributed by atoms with Crippen LogP contribution in [0.2, 0.25) is 0 Å². The van der Waals surface area contributed by atoms with E-state index in [0.717, 1.165) is 19.1 Å². The summed E-state index contributed by atoms with van der Waals surface area (Å²) < 4.78 is 22.7. The summed E-state index contributed by atoms with van der Waals surface area (Å²) in [7, 11) is 1.65. The highest BCUT2D eigenvalue weighted by Gasteiger charge is 2.30. The molecule has 0 aliphatic carbocycles. The third kappa shape index (κ3) is 6.63. The van der Waals surface area contributed by atoms with Crippen molar-refractivity contribution < 1.29 is 23.7 Å². The van der Waals surface area contributed by atoms with E-state index < -0.39 is 0 Å². The average Bonchev–Trinajstić information content (AvgIpc) is 2.58. The molecule has 0 bridgehead atoms. The Balaban J connectivity index is 2.58. The fraction of sp³-hybridized carbons (Fsp3) is 0.842. The summed E-state index contributed by atoms with van der Waals surface area (Å²) in [5.74, 6) is 0.531. The molecule has 1 heterocycles. The lowest BCUT2D eigenvalue weighted by Crippen LogP contribution is -2.37. The molecule has 5 nitrogen and oxygen atoms in total. The summed E-state index contributed by atoms with van der Waals surface area (Å²) in [6.07, 6.45) is 6.17. The number of hydrogen-bond acceptors (Lipinski definition) is 5. The van der Waals surface area contributed by atoms with E-state index in [2.05, 4.69) is 19.9 Å². The van der Waals surface area contributed by atoms with E-state index in [-0.39, 0.29) is 30.7 Å². The van der Waals surface area contributed by atoms with Gasteiger partial charge in [0.2, 0.25) is 0 Å². The van der Waals surface area contributed by atoms with E-state index in [1.54, 1.807) is 7.11 Å². The number of carbonyl (C=O) groups excluding carboxylic acids is 1. The fourth-order valence-electron chi connectivity index (χ4n) is 3.14. The Morgan fingerprint density at radius 2 is 1.92 bits per heavy atom. The van der Waals surface area contributed by atoms with Crippen molar-refractivity contribution in [3.63, 3.8) is 0 Å². The van der Waals surface area contributed by atoms with Gasteiger partial charge < -0.3 is 23.7 Å². The van der Waals surface area contributed by atoms with Crippen molar-refractivity contribution in [3.8, 4) is 0 Å². The van der Waals surface area contributed by atoms with Gasteiger partial charge in [0.05, 0.1) is 12.2 Å². The summed E-state index contributed by atoms with van der Waals surface area (Å²) in [6, 6.07) is 0. The molecule has 0 radical (unpaired) electrons. The lowest BCUT2D eigenvalue weighted by atomic mass is 9.86. The summed E-state index contributed by atoms with van der Waals surface area (Å²) in [5, 5.41) is 0. The molecule has 0 fully saturated rings. The molecule has 7 atom stereocenters. The second-order valence-electron chi connectivity index (χ2n) is 6.70. The van der Waals surface area contributed by atoms with E-state index in [9.17, 15) is 4.79 Å². The second-order valence-corrected chi connectivity index (χ2v) is 6.70. The van der Waals surface area contributed by atoms with E-state index >= 15 is 0 Å². The number of methoxy groups -OCH3 is 1. The Morgan fingerprint density at radius 3 is 2.50 bits per heavy atom. The minimum atomic E-state index is -0.302. The highest BCUT2D eigenvalue weighted by molar-refractivity contribution is 5.53. The van der Waals surface area contributed by atoms with Gasteiger partial charge >= 0.3 is 0 Å². The van der Waals surface area contributed by atoms with Gasteiger partial charge in [0.25, 0.3) is 0 Å². The summed E-state index contributed by atoms with van der Waals surface area (Å²) in [4.78, 5) is 11.2. The molecule has 0 amide bonds. The summed E-state index contributed by atoms with van der Waals surface area (Å²) in [5.41, 5.74) is 0. The van der Waals surface area contributed by atoms with Gasteiger partial charge in [0, 0.05) is 25.6 Å². The molecule has 1 aliphatic heterocycles. The maximum Gasteiger partial charge on any atom is 0.176 e. The van der Waals surface area contributed by atoms with Gasteiger partial charge in [-0.15, -0.1) is 0 Å². The van der Waals surface area contributed by atoms with Crippen LogP contribution in [0, 0.1) is 17.8 Å². The number of hydrogen-bond donors (Lipinski definition) is 0. The molecule has 2 unspecified atom stereocenters. The number of carbonyl (C=O) groups is 1. The first-order valence-electron chi connectivity index (χ1n) is 9.01. The van der Waals surface area contributed by atoms with Crippen LogP contribution in [0.5, 0.6) is 0 Å². The topological polar surface area (TPSA) is 54.0 Å². The van der Waals surface area contributed by atoms with Crippen LogP contribution in [0.15, 0.2) is 12.2 Å². The van der Waals surface area contributed by atoms with Crippen molar-refractivity contribution in [2.75, 3.05) is 13.7 Å². The Hall–Kier alpha value is -0.750. The Morgan fingerprint density at radius 1 is 1.21 bits per heavy atom. The van der Waals surface area contributed by atoms with Crippen molar-refractivity contribution in [2.24, 2.45) is 17.8 Å². The van der Waals surface area contributed by atoms with E-state index in [1.807, 2.05) is 26.8 Å². The molecule has 0 saturated carbocycles. The summed E-state index contributed by atoms with van der Waals surface area (Å²) in [6.45, 7) is 10.6. The van der Waals surface area contributed by atoms with Crippen molar-refractivity contribution in [2.45, 2.75) is 72.2 Å². The van der Waals surface area contributed by atoms with Crippen molar-refractivity contribution in [3.05, 3.63) is 12.2 Å². The quantitative estimate of drug-likeness (QED) is 0.326. The Bertz CT molecular complexity index is 384. The molecular weight excluding hydrogens is 308 g/mol. The van der Waals surface area contributed by atoms with Gasteiger partial charge in [0.1, 0.15) is 6.29 Å². The van der Waals surface area contributed by atoms with Gasteiger partial charge in [0.15, 0.2) is 12.6 Å². The number of rotatable bonds is 11. The van der Waals surface area contributed by atoms with Gasteiger partial charge in [-0.1, -0.05) is 26.8 Å². The van der Waals surface area contributed by atoms with Gasteiger partial charge in [-0.2, -0.15) is 0 Å². The van der Waals surface area contributed by atoms with Gasteiger partial charge in [-0.25, -0.2) is 0 Å². The highest BCUT2D eigenvalue weighted by Crippen LogP contribution is 2.29. The first kappa shape index (κ1) is 21.3. The van der Waals surface area contributed by atoms with Gasteiger partial charge in [-0.05, 0) is 38.7 Å². The zero-order chi connectivity index (χ0) is 18.1. The van der Waals surface area contributed by atoms with Crippen LogP contribution in [0.3, 0.4) is 0 Å². The van der Waals surface area contributed by atoms with Crippen LogP contribution in [0.4, 0.5) is 0 Å². The molecule has 1 rings (SSSR count). The monoisotopic (exact) mass is 342 g/mol. The fourth-order valence-corrected chi connectivity index (χ4v) is 3.14. The van der Waals surface area contributed by atoms with Crippen molar-refractivity contribution in [1.29, 1.82) is 0 Å².